The zero-order valence-electron chi connectivity index (χ0n) is 12.1. The standard InChI is InChI=1S/C14H26N2O3/c1-9(2)10(3)15-14(19)16-12-8-6-4-5-7-11(12)13(17)18/h9-12H,4-8H2,1-3H3,(H,17,18)(H2,15,16,19). The van der Waals surface area contributed by atoms with Gasteiger partial charge in [0.1, 0.15) is 0 Å². The van der Waals surface area contributed by atoms with E-state index in [0.717, 1.165) is 25.7 Å². The Bertz CT molecular complexity index is 318. The molecule has 1 fully saturated rings. The highest BCUT2D eigenvalue weighted by Gasteiger charge is 2.30. The maximum atomic E-state index is 11.9. The summed E-state index contributed by atoms with van der Waals surface area (Å²) >= 11 is 0. The lowest BCUT2D eigenvalue weighted by molar-refractivity contribution is -0.142. The fourth-order valence-corrected chi connectivity index (χ4v) is 2.36. The number of hydrogen-bond donors (Lipinski definition) is 3. The van der Waals surface area contributed by atoms with E-state index in [1.807, 2.05) is 20.8 Å². The van der Waals surface area contributed by atoms with Crippen molar-refractivity contribution in [2.45, 2.75) is 65.0 Å². The molecule has 1 rings (SSSR count). The van der Waals surface area contributed by atoms with Gasteiger partial charge < -0.3 is 15.7 Å². The summed E-state index contributed by atoms with van der Waals surface area (Å²) in [6.07, 6.45) is 4.36. The Labute approximate surface area is 115 Å². The molecule has 0 aliphatic heterocycles. The number of carbonyl (C=O) groups is 2. The van der Waals surface area contributed by atoms with Gasteiger partial charge in [-0.3, -0.25) is 4.79 Å². The van der Waals surface area contributed by atoms with Crippen molar-refractivity contribution >= 4 is 12.0 Å². The molecule has 19 heavy (non-hydrogen) atoms. The Kier molecular flexibility index (Phi) is 6.12. The molecule has 0 radical (unpaired) electrons. The third kappa shape index (κ3) is 5.09. The number of aliphatic carboxylic acids is 1. The summed E-state index contributed by atoms with van der Waals surface area (Å²) in [7, 11) is 0. The second-order valence-corrected chi connectivity index (χ2v) is 5.84. The molecule has 5 nitrogen and oxygen atoms in total. The molecule has 0 bridgehead atoms. The zero-order chi connectivity index (χ0) is 14.4. The summed E-state index contributed by atoms with van der Waals surface area (Å²) < 4.78 is 0. The SMILES string of the molecule is CC(C)C(C)NC(=O)NC1CCCCCC1C(=O)O. The van der Waals surface area contributed by atoms with Crippen molar-refractivity contribution < 1.29 is 14.7 Å². The van der Waals surface area contributed by atoms with Crippen molar-refractivity contribution in [3.63, 3.8) is 0 Å². The molecule has 2 amide bonds. The van der Waals surface area contributed by atoms with Crippen LogP contribution in [0.3, 0.4) is 0 Å². The molecule has 0 aromatic carbocycles. The van der Waals surface area contributed by atoms with E-state index in [0.29, 0.717) is 12.3 Å². The molecule has 3 N–H and O–H groups in total. The normalized spacial score (nSPS) is 25.5. The van der Waals surface area contributed by atoms with Crippen molar-refractivity contribution in [1.82, 2.24) is 10.6 Å². The summed E-state index contributed by atoms with van der Waals surface area (Å²) in [6.45, 7) is 6.03. The molecule has 0 aromatic rings. The van der Waals surface area contributed by atoms with Crippen LogP contribution in [0.5, 0.6) is 0 Å². The Morgan fingerprint density at radius 2 is 1.74 bits per heavy atom. The highest BCUT2D eigenvalue weighted by molar-refractivity contribution is 5.77. The van der Waals surface area contributed by atoms with E-state index in [-0.39, 0.29) is 18.1 Å². The Balaban J connectivity index is 2.56. The molecular formula is C14H26N2O3. The second-order valence-electron chi connectivity index (χ2n) is 5.84. The van der Waals surface area contributed by atoms with Crippen LogP contribution in [0.4, 0.5) is 4.79 Å². The van der Waals surface area contributed by atoms with Gasteiger partial charge in [0, 0.05) is 12.1 Å². The number of amides is 2. The number of carboxylic acid groups (broad SMARTS) is 1. The third-order valence-electron chi connectivity index (χ3n) is 4.01. The highest BCUT2D eigenvalue weighted by atomic mass is 16.4. The summed E-state index contributed by atoms with van der Waals surface area (Å²) in [5, 5.41) is 15.0. The molecule has 0 spiro atoms. The Morgan fingerprint density at radius 3 is 2.32 bits per heavy atom. The molecule has 0 aromatic heterocycles. The molecule has 0 heterocycles. The Hall–Kier alpha value is -1.26. The Morgan fingerprint density at radius 1 is 1.11 bits per heavy atom. The van der Waals surface area contributed by atoms with Gasteiger partial charge in [0.2, 0.25) is 0 Å². The molecule has 1 aliphatic carbocycles. The quantitative estimate of drug-likeness (QED) is 0.686. The predicted molar refractivity (Wildman–Crippen MR) is 74.0 cm³/mol. The first-order chi connectivity index (χ1) is 8.91. The van der Waals surface area contributed by atoms with Gasteiger partial charge in [0.25, 0.3) is 0 Å². The first-order valence-electron chi connectivity index (χ1n) is 7.21. The maximum Gasteiger partial charge on any atom is 0.315 e. The minimum Gasteiger partial charge on any atom is -0.481 e. The van der Waals surface area contributed by atoms with Gasteiger partial charge in [-0.25, -0.2) is 4.79 Å². The number of carboxylic acids is 1. The molecule has 3 unspecified atom stereocenters. The topological polar surface area (TPSA) is 78.4 Å². The molecule has 1 saturated carbocycles. The second kappa shape index (κ2) is 7.36. The van der Waals surface area contributed by atoms with Gasteiger partial charge in [-0.05, 0) is 25.7 Å². The number of urea groups is 1. The van der Waals surface area contributed by atoms with E-state index in [9.17, 15) is 14.7 Å². The van der Waals surface area contributed by atoms with Crippen LogP contribution in [0, 0.1) is 11.8 Å². The summed E-state index contributed by atoms with van der Waals surface area (Å²) in [5.74, 6) is -0.901. The van der Waals surface area contributed by atoms with Crippen molar-refractivity contribution in [2.75, 3.05) is 0 Å². The lowest BCUT2D eigenvalue weighted by Crippen LogP contribution is -2.50. The molecule has 1 aliphatic rings. The van der Waals surface area contributed by atoms with Crippen LogP contribution in [0.2, 0.25) is 0 Å². The van der Waals surface area contributed by atoms with E-state index in [1.54, 1.807) is 0 Å². The lowest BCUT2D eigenvalue weighted by atomic mass is 9.95. The first-order valence-corrected chi connectivity index (χ1v) is 7.21. The fourth-order valence-electron chi connectivity index (χ4n) is 2.36. The van der Waals surface area contributed by atoms with Gasteiger partial charge in [-0.1, -0.05) is 33.1 Å². The van der Waals surface area contributed by atoms with Gasteiger partial charge in [0.05, 0.1) is 5.92 Å². The largest absolute Gasteiger partial charge is 0.481 e. The number of nitrogens with one attached hydrogen (secondary N) is 2. The minimum atomic E-state index is -0.802. The van der Waals surface area contributed by atoms with E-state index in [2.05, 4.69) is 10.6 Å². The molecular weight excluding hydrogens is 244 g/mol. The number of hydrogen-bond acceptors (Lipinski definition) is 2. The van der Waals surface area contributed by atoms with E-state index in [4.69, 9.17) is 0 Å². The van der Waals surface area contributed by atoms with Crippen molar-refractivity contribution in [3.8, 4) is 0 Å². The van der Waals surface area contributed by atoms with Crippen LogP contribution in [0.25, 0.3) is 0 Å². The predicted octanol–water partition coefficient (Wildman–Crippen LogP) is 2.36. The highest BCUT2D eigenvalue weighted by Crippen LogP contribution is 2.23. The molecule has 110 valence electrons. The molecule has 3 atom stereocenters. The third-order valence-corrected chi connectivity index (χ3v) is 4.01. The van der Waals surface area contributed by atoms with Crippen molar-refractivity contribution in [3.05, 3.63) is 0 Å². The van der Waals surface area contributed by atoms with E-state index in [1.165, 1.54) is 0 Å². The summed E-state index contributed by atoms with van der Waals surface area (Å²) in [5.41, 5.74) is 0. The van der Waals surface area contributed by atoms with Crippen molar-refractivity contribution in [2.24, 2.45) is 11.8 Å². The van der Waals surface area contributed by atoms with Gasteiger partial charge in [-0.2, -0.15) is 0 Å². The van der Waals surface area contributed by atoms with Gasteiger partial charge in [0.15, 0.2) is 0 Å². The van der Waals surface area contributed by atoms with Crippen LogP contribution >= 0.6 is 0 Å². The van der Waals surface area contributed by atoms with Gasteiger partial charge in [-0.15, -0.1) is 0 Å². The molecule has 5 heteroatoms. The average molecular weight is 270 g/mol. The van der Waals surface area contributed by atoms with Gasteiger partial charge >= 0.3 is 12.0 Å². The maximum absolute atomic E-state index is 11.9. The zero-order valence-corrected chi connectivity index (χ0v) is 12.1. The summed E-state index contributed by atoms with van der Waals surface area (Å²) in [6, 6.07) is -0.423. The number of rotatable bonds is 4. The average Bonchev–Trinajstić information content (AvgIpc) is 2.54. The lowest BCUT2D eigenvalue weighted by Gasteiger charge is -2.25. The van der Waals surface area contributed by atoms with Crippen LogP contribution in [0.15, 0.2) is 0 Å². The van der Waals surface area contributed by atoms with E-state index < -0.39 is 11.9 Å². The first kappa shape index (κ1) is 15.8. The van der Waals surface area contributed by atoms with Crippen LogP contribution in [-0.2, 0) is 4.79 Å². The summed E-state index contributed by atoms with van der Waals surface area (Å²) in [4.78, 5) is 23.1. The monoisotopic (exact) mass is 270 g/mol. The van der Waals surface area contributed by atoms with E-state index >= 15 is 0 Å². The van der Waals surface area contributed by atoms with Crippen LogP contribution < -0.4 is 10.6 Å². The van der Waals surface area contributed by atoms with Crippen LogP contribution in [0.1, 0.15) is 52.9 Å². The number of carbonyl (C=O) groups excluding carboxylic acids is 1. The van der Waals surface area contributed by atoms with Crippen LogP contribution in [-0.4, -0.2) is 29.2 Å². The molecule has 0 saturated heterocycles. The smallest absolute Gasteiger partial charge is 0.315 e. The fraction of sp³-hybridized carbons (Fsp3) is 0.857. The van der Waals surface area contributed by atoms with Crippen molar-refractivity contribution in [1.29, 1.82) is 0 Å². The minimum absolute atomic E-state index is 0.0778.